The fraction of sp³-hybridized carbons (Fsp3) is 0.909. The lowest BCUT2D eigenvalue weighted by molar-refractivity contribution is -0.160. The number of hydrogen-bond donors (Lipinski definition) is 1. The zero-order valence-corrected chi connectivity index (χ0v) is 10.4. The Morgan fingerprint density at radius 1 is 1.47 bits per heavy atom. The Labute approximate surface area is 92.2 Å². The number of esters is 1. The lowest BCUT2D eigenvalue weighted by Crippen LogP contribution is -2.43. The molecule has 1 N–H and O–H groups in total. The number of carbonyl (C=O) groups is 1. The summed E-state index contributed by atoms with van der Waals surface area (Å²) < 4.78 is 5.27. The van der Waals surface area contributed by atoms with E-state index in [-0.39, 0.29) is 18.6 Å². The van der Waals surface area contributed by atoms with Gasteiger partial charge in [0.25, 0.3) is 0 Å². The van der Waals surface area contributed by atoms with Crippen molar-refractivity contribution in [1.29, 1.82) is 0 Å². The monoisotopic (exact) mass is 217 g/mol. The van der Waals surface area contributed by atoms with E-state index < -0.39 is 5.60 Å². The number of aliphatic hydroxyl groups is 1. The molecule has 0 heterocycles. The van der Waals surface area contributed by atoms with Gasteiger partial charge in [0.2, 0.25) is 0 Å². The van der Waals surface area contributed by atoms with Crippen LogP contribution in [-0.4, -0.2) is 47.3 Å². The number of likely N-dealkylation sites (N-methyl/N-ethyl adjacent to an activating group) is 1. The van der Waals surface area contributed by atoms with E-state index in [1.807, 2.05) is 32.6 Å². The summed E-state index contributed by atoms with van der Waals surface area (Å²) in [6, 6.07) is -0.304. The Kier molecular flexibility index (Phi) is 5.83. The quantitative estimate of drug-likeness (QED) is 0.699. The molecule has 0 spiro atoms. The molecule has 0 bridgehead atoms. The van der Waals surface area contributed by atoms with Crippen molar-refractivity contribution in [1.82, 2.24) is 4.90 Å². The molecule has 0 aliphatic rings. The van der Waals surface area contributed by atoms with Crippen molar-refractivity contribution < 1.29 is 14.6 Å². The van der Waals surface area contributed by atoms with Crippen molar-refractivity contribution in [3.05, 3.63) is 0 Å². The van der Waals surface area contributed by atoms with Gasteiger partial charge in [0.1, 0.15) is 11.6 Å². The Balaban J connectivity index is 4.28. The van der Waals surface area contributed by atoms with E-state index in [9.17, 15) is 4.79 Å². The third kappa shape index (κ3) is 5.74. The van der Waals surface area contributed by atoms with Crippen molar-refractivity contribution in [3.63, 3.8) is 0 Å². The summed E-state index contributed by atoms with van der Waals surface area (Å²) in [5.41, 5.74) is -0.454. The van der Waals surface area contributed by atoms with Crippen molar-refractivity contribution >= 4 is 5.97 Å². The average molecular weight is 217 g/mol. The maximum absolute atomic E-state index is 11.7. The average Bonchev–Trinajstić information content (AvgIpc) is 2.10. The van der Waals surface area contributed by atoms with Crippen molar-refractivity contribution in [3.8, 4) is 0 Å². The maximum Gasteiger partial charge on any atom is 0.323 e. The molecule has 0 fully saturated rings. The van der Waals surface area contributed by atoms with Gasteiger partial charge in [-0.05, 0) is 34.2 Å². The standard InChI is InChI=1S/C11H23NO3/c1-6-12(7-8-13)9(2)10(14)15-11(3,4)5/h9,13H,6-8H2,1-5H3. The molecule has 0 aliphatic carbocycles. The van der Waals surface area contributed by atoms with E-state index in [1.165, 1.54) is 0 Å². The second kappa shape index (κ2) is 6.08. The molecule has 0 aromatic rings. The van der Waals surface area contributed by atoms with Crippen LogP contribution in [0, 0.1) is 0 Å². The largest absolute Gasteiger partial charge is 0.459 e. The molecule has 1 unspecified atom stereocenters. The highest BCUT2D eigenvalue weighted by Gasteiger charge is 2.25. The van der Waals surface area contributed by atoms with Gasteiger partial charge in [-0.1, -0.05) is 6.92 Å². The lowest BCUT2D eigenvalue weighted by atomic mass is 10.2. The molecule has 0 radical (unpaired) electrons. The van der Waals surface area contributed by atoms with Gasteiger partial charge in [0.15, 0.2) is 0 Å². The normalized spacial score (nSPS) is 14.1. The minimum Gasteiger partial charge on any atom is -0.459 e. The zero-order chi connectivity index (χ0) is 12.1. The Bertz CT molecular complexity index is 198. The van der Waals surface area contributed by atoms with E-state index in [1.54, 1.807) is 6.92 Å². The Hall–Kier alpha value is -0.610. The van der Waals surface area contributed by atoms with Crippen LogP contribution in [0.3, 0.4) is 0 Å². The molecule has 0 aromatic carbocycles. The number of nitrogens with zero attached hydrogens (tertiary/aromatic N) is 1. The fourth-order valence-corrected chi connectivity index (χ4v) is 1.29. The molecule has 0 aromatic heterocycles. The van der Waals surface area contributed by atoms with Crippen LogP contribution >= 0.6 is 0 Å². The molecule has 1 atom stereocenters. The molecule has 0 rings (SSSR count). The second-order valence-electron chi connectivity index (χ2n) is 4.56. The van der Waals surface area contributed by atoms with Crippen LogP contribution in [0.25, 0.3) is 0 Å². The number of rotatable bonds is 5. The van der Waals surface area contributed by atoms with Crippen molar-refractivity contribution in [2.24, 2.45) is 0 Å². The van der Waals surface area contributed by atoms with E-state index in [0.717, 1.165) is 6.54 Å². The minimum atomic E-state index is -0.454. The predicted molar refractivity (Wildman–Crippen MR) is 59.6 cm³/mol. The summed E-state index contributed by atoms with van der Waals surface area (Å²) in [6.07, 6.45) is 0. The molecule has 90 valence electrons. The van der Waals surface area contributed by atoms with Crippen LogP contribution in [0.4, 0.5) is 0 Å². The summed E-state index contributed by atoms with van der Waals surface area (Å²) in [5.74, 6) is -0.238. The first kappa shape index (κ1) is 14.4. The van der Waals surface area contributed by atoms with Gasteiger partial charge in [-0.2, -0.15) is 0 Å². The number of hydrogen-bond acceptors (Lipinski definition) is 4. The summed E-state index contributed by atoms with van der Waals surface area (Å²) in [7, 11) is 0. The van der Waals surface area contributed by atoms with Crippen LogP contribution < -0.4 is 0 Å². The van der Waals surface area contributed by atoms with Gasteiger partial charge >= 0.3 is 5.97 Å². The third-order valence-electron chi connectivity index (χ3n) is 2.09. The van der Waals surface area contributed by atoms with Crippen LogP contribution in [0.1, 0.15) is 34.6 Å². The van der Waals surface area contributed by atoms with Crippen LogP contribution in [0.5, 0.6) is 0 Å². The van der Waals surface area contributed by atoms with Gasteiger partial charge in [0.05, 0.1) is 6.61 Å². The summed E-state index contributed by atoms with van der Waals surface area (Å²) in [6.45, 7) is 10.6. The zero-order valence-electron chi connectivity index (χ0n) is 10.4. The van der Waals surface area contributed by atoms with Crippen molar-refractivity contribution in [2.75, 3.05) is 19.7 Å². The smallest absolute Gasteiger partial charge is 0.323 e. The Morgan fingerprint density at radius 3 is 2.33 bits per heavy atom. The van der Waals surface area contributed by atoms with Gasteiger partial charge in [-0.25, -0.2) is 0 Å². The van der Waals surface area contributed by atoms with Gasteiger partial charge in [0, 0.05) is 6.54 Å². The summed E-state index contributed by atoms with van der Waals surface area (Å²) in [5, 5.41) is 8.84. The van der Waals surface area contributed by atoms with E-state index in [0.29, 0.717) is 6.54 Å². The van der Waals surface area contributed by atoms with E-state index >= 15 is 0 Å². The number of aliphatic hydroxyl groups excluding tert-OH is 1. The fourth-order valence-electron chi connectivity index (χ4n) is 1.29. The van der Waals surface area contributed by atoms with Gasteiger partial charge in [-0.3, -0.25) is 9.69 Å². The second-order valence-corrected chi connectivity index (χ2v) is 4.56. The summed E-state index contributed by atoms with van der Waals surface area (Å²) >= 11 is 0. The molecule has 0 saturated carbocycles. The highest BCUT2D eigenvalue weighted by atomic mass is 16.6. The Morgan fingerprint density at radius 2 is 2.00 bits per heavy atom. The van der Waals surface area contributed by atoms with Crippen LogP contribution in [0.15, 0.2) is 0 Å². The van der Waals surface area contributed by atoms with Crippen molar-refractivity contribution in [2.45, 2.75) is 46.3 Å². The van der Waals surface area contributed by atoms with Crippen LogP contribution in [-0.2, 0) is 9.53 Å². The topological polar surface area (TPSA) is 49.8 Å². The van der Waals surface area contributed by atoms with Gasteiger partial charge < -0.3 is 9.84 Å². The molecule has 4 heteroatoms. The number of carbonyl (C=O) groups excluding carboxylic acids is 1. The third-order valence-corrected chi connectivity index (χ3v) is 2.09. The van der Waals surface area contributed by atoms with E-state index in [2.05, 4.69) is 0 Å². The SMILES string of the molecule is CCN(CCO)C(C)C(=O)OC(C)(C)C. The highest BCUT2D eigenvalue weighted by Crippen LogP contribution is 2.10. The van der Waals surface area contributed by atoms with E-state index in [4.69, 9.17) is 9.84 Å². The number of ether oxygens (including phenoxy) is 1. The molecule has 0 aliphatic heterocycles. The molecular weight excluding hydrogens is 194 g/mol. The molecule has 4 nitrogen and oxygen atoms in total. The molecule has 0 amide bonds. The highest BCUT2D eigenvalue weighted by molar-refractivity contribution is 5.75. The lowest BCUT2D eigenvalue weighted by Gasteiger charge is -2.28. The molecule has 15 heavy (non-hydrogen) atoms. The summed E-state index contributed by atoms with van der Waals surface area (Å²) in [4.78, 5) is 13.6. The molecular formula is C11H23NO3. The minimum absolute atomic E-state index is 0.0565. The maximum atomic E-state index is 11.7. The first-order valence-corrected chi connectivity index (χ1v) is 5.39. The van der Waals surface area contributed by atoms with Gasteiger partial charge in [-0.15, -0.1) is 0 Å². The first-order valence-electron chi connectivity index (χ1n) is 5.39. The molecule has 0 saturated heterocycles. The predicted octanol–water partition coefficient (Wildman–Crippen LogP) is 1.03. The van der Waals surface area contributed by atoms with Crippen LogP contribution in [0.2, 0.25) is 0 Å². The first-order chi connectivity index (χ1) is 6.81.